The fraction of sp³-hybridized carbons (Fsp3) is 0.356. The molecule has 1 aliphatic carbocycles. The Morgan fingerprint density at radius 2 is 1.31 bits per heavy atom. The lowest BCUT2D eigenvalue weighted by Gasteiger charge is -2.19. The molecule has 9 aromatic rings. The highest BCUT2D eigenvalue weighted by Gasteiger charge is 2.36. The lowest BCUT2D eigenvalue weighted by atomic mass is 9.91. The van der Waals surface area contributed by atoms with Crippen LogP contribution in [0.25, 0.3) is 16.8 Å². The van der Waals surface area contributed by atoms with Crippen LogP contribution in [0.4, 0.5) is 10.7 Å². The van der Waals surface area contributed by atoms with Crippen molar-refractivity contribution in [1.82, 2.24) is 53.3 Å². The van der Waals surface area contributed by atoms with E-state index >= 15 is 0 Å². The molecule has 1 fully saturated rings. The van der Waals surface area contributed by atoms with Crippen molar-refractivity contribution in [3.05, 3.63) is 180 Å². The monoisotopic (exact) mass is 1610 g/mol. The molecule has 7 heterocycles. The maximum atomic E-state index is 13.5. The molecule has 592 valence electrons. The second kappa shape index (κ2) is 34.7. The van der Waals surface area contributed by atoms with Gasteiger partial charge in [0.05, 0.1) is 85.9 Å². The Bertz CT molecular complexity index is 5670. The number of ketones is 1. The maximum absolute atomic E-state index is 13.5. The van der Waals surface area contributed by atoms with Crippen molar-refractivity contribution in [2.24, 2.45) is 17.6 Å². The number of sulfone groups is 2. The van der Waals surface area contributed by atoms with Crippen LogP contribution < -0.4 is 50.1 Å². The molecule has 0 atom stereocenters. The molecule has 111 heavy (non-hydrogen) atoms. The smallest absolute Gasteiger partial charge is 0.335 e. The summed E-state index contributed by atoms with van der Waals surface area (Å²) in [6, 6.07) is 23.6. The molecule has 0 saturated heterocycles. The molecule has 4 amide bonds. The Hall–Kier alpha value is -11.4. The first-order valence-electron chi connectivity index (χ1n) is 34.6. The second-order valence-electron chi connectivity index (χ2n) is 26.3. The number of urea groups is 1. The minimum atomic E-state index is -4.68. The van der Waals surface area contributed by atoms with Crippen LogP contribution in [0.1, 0.15) is 125 Å². The number of carbonyl (C=O) groups excluding carboxylic acids is 5. The Labute approximate surface area is 639 Å². The number of imidazole rings is 1. The number of nitrogens with zero attached hydrogens (tertiary/aromatic N) is 8. The number of hydrogen-bond acceptors (Lipinski definition) is 25. The van der Waals surface area contributed by atoms with Gasteiger partial charge in [0.1, 0.15) is 29.1 Å². The molecule has 1 saturated carbocycles. The average molecular weight is 1610 g/mol. The number of methoxy groups -OCH3 is 3. The van der Waals surface area contributed by atoms with Gasteiger partial charge in [-0.1, -0.05) is 61.8 Å². The number of ether oxygens (including phenoxy) is 5. The van der Waals surface area contributed by atoms with Gasteiger partial charge in [0.25, 0.3) is 43.0 Å². The molecule has 5 aromatic heterocycles. The minimum absolute atomic E-state index is 0.00623. The van der Waals surface area contributed by atoms with Gasteiger partial charge < -0.3 is 38.9 Å². The van der Waals surface area contributed by atoms with E-state index in [1.807, 2.05) is 25.5 Å². The average Bonchev–Trinajstić information content (AvgIpc) is 1.54. The van der Waals surface area contributed by atoms with Crippen LogP contribution in [0.3, 0.4) is 0 Å². The van der Waals surface area contributed by atoms with Gasteiger partial charge in [-0.25, -0.2) is 53.8 Å². The number of anilines is 1. The molecule has 34 nitrogen and oxygen atoms in total. The third-order valence-corrected chi connectivity index (χ3v) is 22.9. The molecule has 12 rings (SSSR count). The van der Waals surface area contributed by atoms with Crippen molar-refractivity contribution >= 4 is 86.6 Å². The Balaban J connectivity index is 0.000000171. The summed E-state index contributed by atoms with van der Waals surface area (Å²) in [5, 5.41) is 10.2. The summed E-state index contributed by atoms with van der Waals surface area (Å²) < 4.78 is 136. The van der Waals surface area contributed by atoms with E-state index in [0.29, 0.717) is 73.2 Å². The van der Waals surface area contributed by atoms with Crippen LogP contribution >= 0.6 is 0 Å². The van der Waals surface area contributed by atoms with E-state index in [-0.39, 0.29) is 84.8 Å². The molecular formula is C73H85N13O21S4. The number of pyridine rings is 1. The number of amides is 4. The maximum Gasteiger partial charge on any atom is 0.335 e. The molecule has 2 aliphatic heterocycles. The summed E-state index contributed by atoms with van der Waals surface area (Å²) in [6.45, 7) is 16.9. The SMILES string of the molecule is CCS(=O)(=O)c1nc2ccccn2c1S(=O)(=O)NC(=O)Nc1nc(OC)cc(OC)n1.CCc1cc(C)cc(CC)c1-c1c(OC(=O)C(C)(C)C)n2n(c1=O)CCOCC2.COc1ccccc1C(=O)NS(=O)(=O)c1ccc(C(=O)NC2CC2)cc1.Cc1c(C(=O)c2c[nH]n(C)c2=O)ccc(S(C)(=O)=O)c1C1=NOCC1. The second-order valence-corrected chi connectivity index (χ2v) is 33.8. The summed E-state index contributed by atoms with van der Waals surface area (Å²) in [7, 11) is -10.7. The first-order valence-corrected chi connectivity index (χ1v) is 41.1. The predicted molar refractivity (Wildman–Crippen MR) is 406 cm³/mol. The van der Waals surface area contributed by atoms with Gasteiger partial charge in [-0.3, -0.25) is 43.2 Å². The van der Waals surface area contributed by atoms with E-state index in [9.17, 15) is 67.2 Å². The normalized spacial score (nSPS) is 13.5. The number of nitrogens with one attached hydrogen (secondary N) is 5. The first-order chi connectivity index (χ1) is 52.4. The van der Waals surface area contributed by atoms with E-state index in [2.05, 4.69) is 68.7 Å². The van der Waals surface area contributed by atoms with Crippen molar-refractivity contribution in [2.45, 2.75) is 126 Å². The number of sulfonamides is 2. The van der Waals surface area contributed by atoms with Crippen LogP contribution in [0.2, 0.25) is 0 Å². The number of carbonyl (C=O) groups is 5. The Kier molecular flexibility index (Phi) is 26.2. The molecule has 4 aromatic carbocycles. The van der Waals surface area contributed by atoms with Crippen molar-refractivity contribution in [1.29, 1.82) is 0 Å². The molecule has 3 aliphatic rings. The number of aryl methyl sites for hydroxylation is 4. The number of rotatable bonds is 21. The number of hydrogen-bond donors (Lipinski definition) is 5. The van der Waals surface area contributed by atoms with Crippen LogP contribution in [0.15, 0.2) is 144 Å². The van der Waals surface area contributed by atoms with Gasteiger partial charge in [-0.05, 0) is 143 Å². The van der Waals surface area contributed by atoms with Gasteiger partial charge in [0.15, 0.2) is 35.5 Å². The molecule has 0 bridgehead atoms. The van der Waals surface area contributed by atoms with Crippen molar-refractivity contribution in [3.63, 3.8) is 0 Å². The lowest BCUT2D eigenvalue weighted by molar-refractivity contribution is -0.143. The van der Waals surface area contributed by atoms with Gasteiger partial charge in [0, 0.05) is 54.9 Å². The van der Waals surface area contributed by atoms with E-state index in [0.717, 1.165) is 53.0 Å². The van der Waals surface area contributed by atoms with Crippen molar-refractivity contribution in [3.8, 4) is 34.5 Å². The number of para-hydroxylation sites is 1. The quantitative estimate of drug-likeness (QED) is 0.0370. The number of aromatic amines is 1. The minimum Gasteiger partial charge on any atom is -0.496 e. The van der Waals surface area contributed by atoms with Crippen LogP contribution in [-0.4, -0.2) is 167 Å². The third-order valence-electron chi connectivity index (χ3n) is 17.3. The van der Waals surface area contributed by atoms with Gasteiger partial charge in [-0.15, -0.1) is 0 Å². The topological polar surface area (TPSA) is 446 Å². The van der Waals surface area contributed by atoms with E-state index in [1.54, 1.807) is 45.3 Å². The fourth-order valence-corrected chi connectivity index (χ4v) is 16.1. The summed E-state index contributed by atoms with van der Waals surface area (Å²) in [4.78, 5) is 104. The Morgan fingerprint density at radius 3 is 1.86 bits per heavy atom. The number of oxime groups is 1. The summed E-state index contributed by atoms with van der Waals surface area (Å²) in [6.07, 6.45) is 7.73. The zero-order chi connectivity index (χ0) is 81.2. The van der Waals surface area contributed by atoms with Crippen LogP contribution in [0, 0.1) is 19.3 Å². The summed E-state index contributed by atoms with van der Waals surface area (Å²) >= 11 is 0. The molecule has 0 spiro atoms. The van der Waals surface area contributed by atoms with Crippen LogP contribution in [0.5, 0.6) is 23.4 Å². The molecule has 0 radical (unpaired) electrons. The van der Waals surface area contributed by atoms with Crippen molar-refractivity contribution < 1.29 is 86.2 Å². The highest BCUT2D eigenvalue weighted by Crippen LogP contribution is 2.37. The number of esters is 1. The summed E-state index contributed by atoms with van der Waals surface area (Å²) in [5.41, 5.74) is 5.66. The molecule has 0 unspecified atom stereocenters. The predicted octanol–water partition coefficient (Wildman–Crippen LogP) is 6.66. The number of aromatic nitrogens is 8. The van der Waals surface area contributed by atoms with Gasteiger partial charge in [0.2, 0.25) is 23.6 Å². The standard InChI is InChI=1S/C23H32N2O4.C18H18N2O5S.C16H18N6O7S2.C16H17N3O5S/c1-7-16-13-15(3)14-17(8-2)18(16)19-20(26)24-9-11-28-12-10-25(24)21(19)29-22(27)23(4,5)6;1-25-16-5-3-2-4-15(16)18(22)20-26(23,24)14-10-6-12(7-11-14)17(21)19-13-8-9-13;1-4-30(24,25)13-14(22-8-6-5-7-10(22)17-13)31(26,27)21-16(23)20-15-18-11(28-2)9-12(19-15)29-3;1-9-10(15(20)11-8-17-19(2)16(11)21)4-5-13(25(3,22)23)14(9)12-6-7-24-18-12/h13-14H,7-12H2,1-6H3;2-7,10-11,13H,8-9H2,1H3,(H,19,21)(H,20,22);5-9H,4H2,1-3H3,(H2,18,19,20,21,23);4-5,8,17H,6-7H2,1-3H3. The van der Waals surface area contributed by atoms with E-state index in [4.69, 9.17) is 28.5 Å². The van der Waals surface area contributed by atoms with Crippen LogP contribution in [-0.2, 0) is 87.1 Å². The molecule has 5 N–H and O–H groups in total. The highest BCUT2D eigenvalue weighted by molar-refractivity contribution is 7.93. The largest absolute Gasteiger partial charge is 0.496 e. The van der Waals surface area contributed by atoms with Gasteiger partial charge >= 0.3 is 12.0 Å². The fourth-order valence-electron chi connectivity index (χ4n) is 11.5. The summed E-state index contributed by atoms with van der Waals surface area (Å²) in [5.74, 6) is -1.82. The zero-order valence-electron chi connectivity index (χ0n) is 63.0. The molecule has 38 heteroatoms. The highest BCUT2D eigenvalue weighted by atomic mass is 32.2. The third kappa shape index (κ3) is 19.5. The zero-order valence-corrected chi connectivity index (χ0v) is 66.3. The van der Waals surface area contributed by atoms with Gasteiger partial charge in [-0.2, -0.15) is 18.4 Å². The molecular weight excluding hydrogens is 1520 g/mol. The lowest BCUT2D eigenvalue weighted by Crippen LogP contribution is -2.36. The van der Waals surface area contributed by atoms with E-state index in [1.165, 1.54) is 119 Å². The number of H-pyrrole nitrogens is 1. The van der Waals surface area contributed by atoms with Crippen molar-refractivity contribution in [2.75, 3.05) is 58.5 Å². The first kappa shape index (κ1) is 83.7. The van der Waals surface area contributed by atoms with E-state index < -0.39 is 78.5 Å². The Morgan fingerprint density at radius 1 is 0.676 bits per heavy atom. The number of fused-ring (bicyclic) bond motifs is 2. The number of benzene rings is 4.